The van der Waals surface area contributed by atoms with Crippen molar-refractivity contribution in [2.45, 2.75) is 0 Å². The second kappa shape index (κ2) is 6.17. The molecule has 18 heavy (non-hydrogen) atoms. The van der Waals surface area contributed by atoms with Gasteiger partial charge in [-0.05, 0) is 0 Å². The molecule has 0 fully saturated rings. The van der Waals surface area contributed by atoms with Gasteiger partial charge in [0.25, 0.3) is 5.91 Å². The van der Waals surface area contributed by atoms with Gasteiger partial charge in [0.2, 0.25) is 0 Å². The Morgan fingerprint density at radius 3 is 1.67 bits per heavy atom. The van der Waals surface area contributed by atoms with Crippen molar-refractivity contribution < 1.29 is 14.7 Å². The molecule has 2 N–H and O–H groups in total. The smallest absolute Gasteiger partial charge is 0.322 e. The van der Waals surface area contributed by atoms with Gasteiger partial charge in [0, 0.05) is 0 Å². The molecule has 1 amide bonds. The van der Waals surface area contributed by atoms with Crippen LogP contribution in [0, 0.1) is 0 Å². The maximum Gasteiger partial charge on any atom is 0.322 e. The monoisotopic (exact) mass is 349 g/mol. The van der Waals surface area contributed by atoms with E-state index in [1.165, 1.54) is 0 Å². The van der Waals surface area contributed by atoms with E-state index in [4.69, 9.17) is 63.1 Å². The minimum atomic E-state index is -1.22. The number of rotatable bonds is 3. The fourth-order valence-electron chi connectivity index (χ4n) is 1.05. The summed E-state index contributed by atoms with van der Waals surface area (Å²) in [6, 6.07) is 0. The second-order valence-electron chi connectivity index (χ2n) is 3.02. The average Bonchev–Trinajstić information content (AvgIpc) is 2.31. The molecule has 0 bridgehead atoms. The largest absolute Gasteiger partial charge is 0.480 e. The first-order valence-electron chi connectivity index (χ1n) is 4.28. The number of hydrogen-bond donors (Lipinski definition) is 2. The van der Waals surface area contributed by atoms with Crippen molar-refractivity contribution in [3.63, 3.8) is 0 Å². The number of amides is 1. The highest BCUT2D eigenvalue weighted by atomic mass is 35.5. The van der Waals surface area contributed by atoms with Crippen LogP contribution in [0.15, 0.2) is 0 Å². The molecule has 0 heterocycles. The number of hydrogen-bond acceptors (Lipinski definition) is 2. The van der Waals surface area contributed by atoms with Crippen molar-refractivity contribution in [1.29, 1.82) is 0 Å². The van der Waals surface area contributed by atoms with Crippen molar-refractivity contribution in [3.05, 3.63) is 30.7 Å². The molecular formula is C9H4Cl5NO3. The van der Waals surface area contributed by atoms with Crippen molar-refractivity contribution >= 4 is 69.9 Å². The molecule has 9 heteroatoms. The Morgan fingerprint density at radius 2 is 1.28 bits per heavy atom. The van der Waals surface area contributed by atoms with E-state index in [0.717, 1.165) is 0 Å². The minimum Gasteiger partial charge on any atom is -0.480 e. The summed E-state index contributed by atoms with van der Waals surface area (Å²) in [6.45, 7) is -0.594. The molecule has 98 valence electrons. The number of carboxylic acids is 1. The van der Waals surface area contributed by atoms with Crippen molar-refractivity contribution in [3.8, 4) is 0 Å². The zero-order valence-corrected chi connectivity index (χ0v) is 12.1. The number of carboxylic acid groups (broad SMARTS) is 1. The summed E-state index contributed by atoms with van der Waals surface area (Å²) < 4.78 is 0. The molecule has 0 atom stereocenters. The Balaban J connectivity index is 3.24. The molecule has 0 unspecified atom stereocenters. The first-order chi connectivity index (χ1) is 8.27. The molecule has 0 aliphatic rings. The standard InChI is InChI=1S/C9H4Cl5NO3/c10-4-3(9(18)15-1-2(16)17)5(11)7(13)8(14)6(4)12/h1H2,(H,15,18)(H,16,17). The zero-order valence-electron chi connectivity index (χ0n) is 8.36. The quantitative estimate of drug-likeness (QED) is 0.643. The van der Waals surface area contributed by atoms with Crippen molar-refractivity contribution in [2.24, 2.45) is 0 Å². The van der Waals surface area contributed by atoms with Crippen LogP contribution >= 0.6 is 58.0 Å². The maximum atomic E-state index is 11.7. The molecular weight excluding hydrogens is 347 g/mol. The topological polar surface area (TPSA) is 66.4 Å². The lowest BCUT2D eigenvalue weighted by Crippen LogP contribution is -2.29. The predicted octanol–water partition coefficient (Wildman–Crippen LogP) is 3.77. The Kier molecular flexibility index (Phi) is 5.37. The van der Waals surface area contributed by atoms with E-state index in [9.17, 15) is 9.59 Å². The van der Waals surface area contributed by atoms with Crippen LogP contribution in [0.4, 0.5) is 0 Å². The number of carbonyl (C=O) groups excluding carboxylic acids is 1. The summed E-state index contributed by atoms with van der Waals surface area (Å²) in [6.07, 6.45) is 0. The van der Waals surface area contributed by atoms with E-state index in [1.807, 2.05) is 0 Å². The van der Waals surface area contributed by atoms with Crippen LogP contribution in [-0.2, 0) is 4.79 Å². The summed E-state index contributed by atoms with van der Waals surface area (Å²) in [4.78, 5) is 22.0. The van der Waals surface area contributed by atoms with E-state index < -0.39 is 18.4 Å². The molecule has 0 radical (unpaired) electrons. The summed E-state index contributed by atoms with van der Waals surface area (Å²) in [7, 11) is 0. The Labute approximate surface area is 127 Å². The van der Waals surface area contributed by atoms with Gasteiger partial charge in [0.15, 0.2) is 0 Å². The molecule has 0 saturated carbocycles. The average molecular weight is 351 g/mol. The number of aliphatic carboxylic acids is 1. The van der Waals surface area contributed by atoms with Gasteiger partial charge < -0.3 is 10.4 Å². The fraction of sp³-hybridized carbons (Fsp3) is 0.111. The number of carbonyl (C=O) groups is 2. The highest BCUT2D eigenvalue weighted by Gasteiger charge is 2.24. The van der Waals surface area contributed by atoms with Crippen LogP contribution in [0.3, 0.4) is 0 Å². The zero-order chi connectivity index (χ0) is 14.0. The number of benzene rings is 1. The Morgan fingerprint density at radius 1 is 0.889 bits per heavy atom. The molecule has 0 aliphatic carbocycles. The third-order valence-corrected chi connectivity index (χ3v) is 4.11. The summed E-state index contributed by atoms with van der Waals surface area (Å²) >= 11 is 28.9. The van der Waals surface area contributed by atoms with Crippen molar-refractivity contribution in [2.75, 3.05) is 6.54 Å². The lowest BCUT2D eigenvalue weighted by atomic mass is 10.2. The van der Waals surface area contributed by atoms with Gasteiger partial charge in [-0.2, -0.15) is 0 Å². The maximum absolute atomic E-state index is 11.7. The van der Waals surface area contributed by atoms with Crippen LogP contribution in [-0.4, -0.2) is 23.5 Å². The molecule has 1 aromatic rings. The molecule has 0 saturated heterocycles. The van der Waals surface area contributed by atoms with Gasteiger partial charge >= 0.3 is 5.97 Å². The minimum absolute atomic E-state index is 0.0804. The van der Waals surface area contributed by atoms with E-state index in [0.29, 0.717) is 0 Å². The molecule has 4 nitrogen and oxygen atoms in total. The first-order valence-corrected chi connectivity index (χ1v) is 6.17. The highest BCUT2D eigenvalue weighted by molar-refractivity contribution is 6.56. The van der Waals surface area contributed by atoms with Gasteiger partial charge in [0.05, 0.1) is 30.7 Å². The van der Waals surface area contributed by atoms with E-state index in [-0.39, 0.29) is 30.7 Å². The van der Waals surface area contributed by atoms with E-state index >= 15 is 0 Å². The molecule has 0 spiro atoms. The van der Waals surface area contributed by atoms with Gasteiger partial charge in [-0.3, -0.25) is 9.59 Å². The third kappa shape index (κ3) is 3.13. The van der Waals surface area contributed by atoms with Gasteiger partial charge in [-0.1, -0.05) is 58.0 Å². The summed E-state index contributed by atoms with van der Waals surface area (Å²) in [5, 5.41) is 9.80. The van der Waals surface area contributed by atoms with E-state index in [2.05, 4.69) is 5.32 Å². The Hall–Kier alpha value is -0.390. The van der Waals surface area contributed by atoms with Gasteiger partial charge in [-0.15, -0.1) is 0 Å². The van der Waals surface area contributed by atoms with Crippen molar-refractivity contribution in [1.82, 2.24) is 5.32 Å². The van der Waals surface area contributed by atoms with Crippen LogP contribution in [0.5, 0.6) is 0 Å². The fourth-order valence-corrected chi connectivity index (χ4v) is 2.36. The predicted molar refractivity (Wildman–Crippen MR) is 71.5 cm³/mol. The SMILES string of the molecule is O=C(O)CNC(=O)c1c(Cl)c(Cl)c(Cl)c(Cl)c1Cl. The van der Waals surface area contributed by atoms with Gasteiger partial charge in [-0.25, -0.2) is 0 Å². The highest BCUT2D eigenvalue weighted by Crippen LogP contribution is 2.43. The molecule has 1 aromatic carbocycles. The summed E-state index contributed by atoms with van der Waals surface area (Å²) in [5.74, 6) is -2.03. The van der Waals surface area contributed by atoms with Crippen LogP contribution in [0.2, 0.25) is 25.1 Å². The summed E-state index contributed by atoms with van der Waals surface area (Å²) in [5.41, 5.74) is -0.223. The number of halogens is 5. The van der Waals surface area contributed by atoms with Crippen LogP contribution in [0.1, 0.15) is 10.4 Å². The van der Waals surface area contributed by atoms with Gasteiger partial charge in [0.1, 0.15) is 6.54 Å². The molecule has 1 rings (SSSR count). The lowest BCUT2D eigenvalue weighted by molar-refractivity contribution is -0.135. The normalized spacial score (nSPS) is 10.3. The third-order valence-electron chi connectivity index (χ3n) is 1.84. The number of nitrogens with one attached hydrogen (secondary N) is 1. The first kappa shape index (κ1) is 15.7. The van der Waals surface area contributed by atoms with Crippen LogP contribution < -0.4 is 5.32 Å². The Bertz CT molecular complexity index is 502. The second-order valence-corrected chi connectivity index (χ2v) is 4.91. The van der Waals surface area contributed by atoms with Crippen LogP contribution in [0.25, 0.3) is 0 Å². The molecule has 0 aliphatic heterocycles. The lowest BCUT2D eigenvalue weighted by Gasteiger charge is -2.11. The van der Waals surface area contributed by atoms with E-state index in [1.54, 1.807) is 0 Å². The molecule has 0 aromatic heterocycles.